The summed E-state index contributed by atoms with van der Waals surface area (Å²) in [6.45, 7) is 2.44. The molecular formula is C10H16N4O3. The van der Waals surface area contributed by atoms with Gasteiger partial charge < -0.3 is 16.2 Å². The summed E-state index contributed by atoms with van der Waals surface area (Å²) >= 11 is 0. The molecular weight excluding hydrogens is 224 g/mol. The number of nitrogens with two attached hydrogens (primary N) is 1. The molecule has 1 heterocycles. The van der Waals surface area contributed by atoms with Gasteiger partial charge in [0.05, 0.1) is 11.0 Å². The molecule has 0 amide bonds. The third-order valence-electron chi connectivity index (χ3n) is 2.35. The van der Waals surface area contributed by atoms with E-state index in [4.69, 9.17) is 5.73 Å². The minimum absolute atomic E-state index is 0.115. The van der Waals surface area contributed by atoms with Gasteiger partial charge in [-0.1, -0.05) is 6.92 Å². The van der Waals surface area contributed by atoms with Crippen molar-refractivity contribution in [2.24, 2.45) is 0 Å². The van der Waals surface area contributed by atoms with Gasteiger partial charge in [0.25, 0.3) is 0 Å². The first kappa shape index (κ1) is 13.2. The molecule has 0 aliphatic rings. The molecule has 1 rings (SSSR count). The summed E-state index contributed by atoms with van der Waals surface area (Å²) in [6, 6.07) is 2.80. The number of nitro groups is 1. The van der Waals surface area contributed by atoms with Crippen LogP contribution in [-0.4, -0.2) is 27.7 Å². The number of rotatable bonds is 6. The van der Waals surface area contributed by atoms with Crippen LogP contribution >= 0.6 is 0 Å². The zero-order chi connectivity index (χ0) is 12.8. The highest BCUT2D eigenvalue weighted by Crippen LogP contribution is 2.20. The van der Waals surface area contributed by atoms with E-state index >= 15 is 0 Å². The Morgan fingerprint density at radius 1 is 1.65 bits per heavy atom. The van der Waals surface area contributed by atoms with E-state index in [9.17, 15) is 15.2 Å². The number of hydrogen-bond donors (Lipinski definition) is 3. The predicted molar refractivity (Wildman–Crippen MR) is 64.7 cm³/mol. The molecule has 0 aliphatic carbocycles. The highest BCUT2D eigenvalue weighted by molar-refractivity contribution is 5.57. The van der Waals surface area contributed by atoms with Gasteiger partial charge >= 0.3 is 5.69 Å². The summed E-state index contributed by atoms with van der Waals surface area (Å²) in [5.74, 6) is 0.354. The zero-order valence-electron chi connectivity index (χ0n) is 9.59. The molecule has 1 aromatic rings. The first-order chi connectivity index (χ1) is 8.04. The number of hydrogen-bond acceptors (Lipinski definition) is 6. The summed E-state index contributed by atoms with van der Waals surface area (Å²) in [4.78, 5) is 13.8. The van der Waals surface area contributed by atoms with E-state index in [1.165, 1.54) is 12.1 Å². The standard InChI is InChI=1S/C10H16N4O3/c1-2-7(15)5-6-12-9-4-3-8(14(16)17)10(11)13-9/h3-4,7,15H,2,5-6H2,1H3,(H3,11,12,13). The van der Waals surface area contributed by atoms with E-state index in [1.54, 1.807) is 0 Å². The van der Waals surface area contributed by atoms with E-state index < -0.39 is 4.92 Å². The van der Waals surface area contributed by atoms with Crippen LogP contribution in [0.15, 0.2) is 12.1 Å². The molecule has 7 heteroatoms. The third kappa shape index (κ3) is 3.87. The molecule has 0 fully saturated rings. The largest absolute Gasteiger partial charge is 0.393 e. The number of aliphatic hydroxyl groups excluding tert-OH is 1. The van der Waals surface area contributed by atoms with Crippen LogP contribution < -0.4 is 11.1 Å². The Bertz CT molecular complexity index is 397. The van der Waals surface area contributed by atoms with Gasteiger partial charge in [0.15, 0.2) is 0 Å². The Kier molecular flexibility index (Phi) is 4.65. The fraction of sp³-hybridized carbons (Fsp3) is 0.500. The first-order valence-electron chi connectivity index (χ1n) is 5.37. The summed E-state index contributed by atoms with van der Waals surface area (Å²) < 4.78 is 0. The van der Waals surface area contributed by atoms with Crippen molar-refractivity contribution in [3.8, 4) is 0 Å². The second kappa shape index (κ2) is 6.00. The maximum atomic E-state index is 10.5. The monoisotopic (exact) mass is 240 g/mol. The average molecular weight is 240 g/mol. The lowest BCUT2D eigenvalue weighted by atomic mass is 10.2. The zero-order valence-corrected chi connectivity index (χ0v) is 9.59. The molecule has 0 saturated carbocycles. The van der Waals surface area contributed by atoms with Crippen LogP contribution in [0.4, 0.5) is 17.3 Å². The lowest BCUT2D eigenvalue weighted by Gasteiger charge is -2.09. The van der Waals surface area contributed by atoms with Crippen LogP contribution in [0.3, 0.4) is 0 Å². The molecule has 1 atom stereocenters. The third-order valence-corrected chi connectivity index (χ3v) is 2.35. The minimum Gasteiger partial charge on any atom is -0.393 e. The van der Waals surface area contributed by atoms with Crippen molar-refractivity contribution in [3.63, 3.8) is 0 Å². The number of anilines is 2. The molecule has 17 heavy (non-hydrogen) atoms. The summed E-state index contributed by atoms with van der Waals surface area (Å²) in [6.07, 6.45) is 0.935. The number of aliphatic hydroxyl groups is 1. The van der Waals surface area contributed by atoms with Crippen LogP contribution in [0.1, 0.15) is 19.8 Å². The maximum Gasteiger partial charge on any atom is 0.311 e. The average Bonchev–Trinajstić information content (AvgIpc) is 2.28. The first-order valence-corrected chi connectivity index (χ1v) is 5.37. The van der Waals surface area contributed by atoms with Gasteiger partial charge in [-0.2, -0.15) is 0 Å². The molecule has 4 N–H and O–H groups in total. The summed E-state index contributed by atoms with van der Waals surface area (Å²) in [5.41, 5.74) is 5.23. The van der Waals surface area contributed by atoms with Crippen molar-refractivity contribution < 1.29 is 10.0 Å². The fourth-order valence-electron chi connectivity index (χ4n) is 1.29. The van der Waals surface area contributed by atoms with E-state index in [0.29, 0.717) is 25.2 Å². The second-order valence-corrected chi connectivity index (χ2v) is 3.64. The molecule has 7 nitrogen and oxygen atoms in total. The predicted octanol–water partition coefficient (Wildman–Crippen LogP) is 1.14. The van der Waals surface area contributed by atoms with Crippen LogP contribution in [0.2, 0.25) is 0 Å². The number of aromatic nitrogens is 1. The molecule has 0 radical (unpaired) electrons. The van der Waals surface area contributed by atoms with Crippen LogP contribution in [0, 0.1) is 10.1 Å². The summed E-state index contributed by atoms with van der Waals surface area (Å²) in [7, 11) is 0. The molecule has 94 valence electrons. The fourth-order valence-corrected chi connectivity index (χ4v) is 1.29. The molecule has 0 aromatic carbocycles. The topological polar surface area (TPSA) is 114 Å². The number of pyridine rings is 1. The van der Waals surface area contributed by atoms with Gasteiger partial charge in [-0.15, -0.1) is 0 Å². The number of nitrogens with one attached hydrogen (secondary N) is 1. The van der Waals surface area contributed by atoms with Crippen molar-refractivity contribution >= 4 is 17.3 Å². The molecule has 0 saturated heterocycles. The Morgan fingerprint density at radius 3 is 2.88 bits per heavy atom. The quantitative estimate of drug-likeness (QED) is 0.507. The van der Waals surface area contributed by atoms with E-state index in [0.717, 1.165) is 0 Å². The van der Waals surface area contributed by atoms with E-state index in [1.807, 2.05) is 6.92 Å². The Morgan fingerprint density at radius 2 is 2.35 bits per heavy atom. The van der Waals surface area contributed by atoms with Gasteiger partial charge in [0.2, 0.25) is 5.82 Å². The number of nitrogen functional groups attached to an aromatic ring is 1. The molecule has 1 aromatic heterocycles. The molecule has 0 bridgehead atoms. The van der Waals surface area contributed by atoms with Crippen LogP contribution in [0.5, 0.6) is 0 Å². The lowest BCUT2D eigenvalue weighted by Crippen LogP contribution is -2.13. The molecule has 1 unspecified atom stereocenters. The van der Waals surface area contributed by atoms with Crippen LogP contribution in [0.25, 0.3) is 0 Å². The van der Waals surface area contributed by atoms with Crippen molar-refractivity contribution in [1.82, 2.24) is 4.98 Å². The van der Waals surface area contributed by atoms with Gasteiger partial charge in [-0.25, -0.2) is 4.98 Å². The van der Waals surface area contributed by atoms with Gasteiger partial charge in [-0.05, 0) is 18.9 Å². The van der Waals surface area contributed by atoms with E-state index in [-0.39, 0.29) is 17.6 Å². The van der Waals surface area contributed by atoms with Crippen molar-refractivity contribution in [3.05, 3.63) is 22.2 Å². The SMILES string of the molecule is CCC(O)CCNc1ccc([N+](=O)[O-])c(N)n1. The van der Waals surface area contributed by atoms with Crippen molar-refractivity contribution in [2.75, 3.05) is 17.6 Å². The highest BCUT2D eigenvalue weighted by Gasteiger charge is 2.12. The van der Waals surface area contributed by atoms with Crippen LogP contribution in [-0.2, 0) is 0 Å². The normalized spacial score (nSPS) is 12.1. The van der Waals surface area contributed by atoms with Crippen molar-refractivity contribution in [2.45, 2.75) is 25.9 Å². The Balaban J connectivity index is 2.56. The Labute approximate surface area is 98.8 Å². The van der Waals surface area contributed by atoms with Gasteiger partial charge in [0, 0.05) is 12.6 Å². The second-order valence-electron chi connectivity index (χ2n) is 3.64. The smallest absolute Gasteiger partial charge is 0.311 e. The van der Waals surface area contributed by atoms with Crippen molar-refractivity contribution in [1.29, 1.82) is 0 Å². The van der Waals surface area contributed by atoms with E-state index in [2.05, 4.69) is 10.3 Å². The maximum absolute atomic E-state index is 10.5. The highest BCUT2D eigenvalue weighted by atomic mass is 16.6. The molecule has 0 aliphatic heterocycles. The number of nitrogens with zero attached hydrogens (tertiary/aromatic N) is 2. The summed E-state index contributed by atoms with van der Waals surface area (Å²) in [5, 5.41) is 22.8. The lowest BCUT2D eigenvalue weighted by molar-refractivity contribution is -0.384. The molecule has 0 spiro atoms. The minimum atomic E-state index is -0.576. The van der Waals surface area contributed by atoms with Gasteiger partial charge in [0.1, 0.15) is 5.82 Å². The van der Waals surface area contributed by atoms with Gasteiger partial charge in [-0.3, -0.25) is 10.1 Å². The Hall–Kier alpha value is -1.89.